The second-order valence-electron chi connectivity index (χ2n) is 8.15. The van der Waals surface area contributed by atoms with Crippen molar-refractivity contribution in [2.75, 3.05) is 0 Å². The number of nitrogens with two attached hydrogens (primary N) is 1. The van der Waals surface area contributed by atoms with E-state index in [0.717, 1.165) is 33.2 Å². The molecule has 35 heavy (non-hydrogen) atoms. The first-order valence-electron chi connectivity index (χ1n) is 10.9. The van der Waals surface area contributed by atoms with Crippen LogP contribution in [0.15, 0.2) is 66.9 Å². The number of carbonyl (C=O) groups is 1. The van der Waals surface area contributed by atoms with Gasteiger partial charge < -0.3 is 16.0 Å². The molecule has 0 fully saturated rings. The number of H-pyrrole nitrogens is 1. The van der Waals surface area contributed by atoms with Gasteiger partial charge in [-0.25, -0.2) is 4.98 Å². The van der Waals surface area contributed by atoms with Gasteiger partial charge in [-0.05, 0) is 47.5 Å². The van der Waals surface area contributed by atoms with Crippen LogP contribution in [0.25, 0.3) is 33.1 Å². The van der Waals surface area contributed by atoms with Crippen LogP contribution in [0, 0.1) is 12.3 Å². The van der Waals surface area contributed by atoms with E-state index in [1.54, 1.807) is 18.2 Å². The quantitative estimate of drug-likeness (QED) is 0.257. The number of aromatic amines is 1. The molecule has 0 saturated carbocycles. The highest BCUT2D eigenvalue weighted by Crippen LogP contribution is 2.35. The number of amides is 1. The highest BCUT2D eigenvalue weighted by molar-refractivity contribution is 6.39. The molecular weight excluding hydrogens is 479 g/mol. The van der Waals surface area contributed by atoms with Gasteiger partial charge in [-0.1, -0.05) is 53.4 Å². The molecule has 7 heteroatoms. The zero-order valence-corrected chi connectivity index (χ0v) is 20.0. The second kappa shape index (κ2) is 9.44. The monoisotopic (exact) mass is 498 g/mol. The number of nitrogens with one attached hydrogen (secondary N) is 2. The van der Waals surface area contributed by atoms with Crippen molar-refractivity contribution in [2.24, 2.45) is 5.73 Å². The Labute approximate surface area is 212 Å². The van der Waals surface area contributed by atoms with E-state index in [1.165, 1.54) is 0 Å². The minimum Gasteiger partial charge on any atom is -0.360 e. The summed E-state index contributed by atoms with van der Waals surface area (Å²) in [6, 6.07) is 18.6. The number of aromatic nitrogens is 2. The van der Waals surface area contributed by atoms with Gasteiger partial charge in [0.05, 0.1) is 21.8 Å². The van der Waals surface area contributed by atoms with Crippen molar-refractivity contribution in [3.05, 3.63) is 99.2 Å². The smallest absolute Gasteiger partial charge is 0.252 e. The molecule has 0 aliphatic heterocycles. The molecule has 1 amide bonds. The van der Waals surface area contributed by atoms with E-state index in [2.05, 4.69) is 16.2 Å². The standard InChI is InChI=1S/C28H20Cl2N4O/c1-2-16-6-7-24-20(9-16)22(15-32-24)25-12-21(27-23(30)10-19(29)11-26(27)34-25)28(35)33-14-18-5-3-4-17(8-18)13-31/h1,3-12,15,32H,13-14,31H2,(H,33,35). The topological polar surface area (TPSA) is 83.8 Å². The van der Waals surface area contributed by atoms with E-state index in [0.29, 0.717) is 45.3 Å². The third-order valence-electron chi connectivity index (χ3n) is 5.87. The molecule has 5 rings (SSSR count). The molecule has 0 saturated heterocycles. The minimum absolute atomic E-state index is 0.273. The summed E-state index contributed by atoms with van der Waals surface area (Å²) in [4.78, 5) is 21.5. The van der Waals surface area contributed by atoms with Crippen molar-refractivity contribution in [3.63, 3.8) is 0 Å². The number of hydrogen-bond donors (Lipinski definition) is 3. The molecule has 5 nitrogen and oxygen atoms in total. The summed E-state index contributed by atoms with van der Waals surface area (Å²) in [6.07, 6.45) is 7.46. The van der Waals surface area contributed by atoms with Gasteiger partial charge in [-0.15, -0.1) is 6.42 Å². The van der Waals surface area contributed by atoms with Crippen molar-refractivity contribution in [2.45, 2.75) is 13.1 Å². The third-order valence-corrected chi connectivity index (χ3v) is 6.39. The number of hydrogen-bond acceptors (Lipinski definition) is 3. The summed E-state index contributed by atoms with van der Waals surface area (Å²) in [5, 5.41) is 5.23. The number of carbonyl (C=O) groups excluding carboxylic acids is 1. The van der Waals surface area contributed by atoms with Crippen molar-refractivity contribution in [3.8, 4) is 23.6 Å². The predicted octanol–water partition coefficient (Wildman–Crippen LogP) is 6.06. The van der Waals surface area contributed by atoms with Crippen LogP contribution in [0.4, 0.5) is 0 Å². The third kappa shape index (κ3) is 4.48. The Morgan fingerprint density at radius 1 is 1.09 bits per heavy atom. The van der Waals surface area contributed by atoms with Crippen LogP contribution in [0.5, 0.6) is 0 Å². The van der Waals surface area contributed by atoms with Crippen molar-refractivity contribution in [1.29, 1.82) is 0 Å². The van der Waals surface area contributed by atoms with Gasteiger partial charge >= 0.3 is 0 Å². The molecule has 0 atom stereocenters. The molecule has 0 aliphatic carbocycles. The Hall–Kier alpha value is -3.82. The van der Waals surface area contributed by atoms with E-state index >= 15 is 0 Å². The zero-order valence-electron chi connectivity index (χ0n) is 18.5. The van der Waals surface area contributed by atoms with Gasteiger partial charge in [0.25, 0.3) is 5.91 Å². The average Bonchev–Trinajstić information content (AvgIpc) is 3.29. The molecule has 3 aromatic carbocycles. The highest BCUT2D eigenvalue weighted by Gasteiger charge is 2.19. The Bertz CT molecular complexity index is 1650. The SMILES string of the molecule is C#Cc1ccc2[nH]cc(-c3cc(C(=O)NCc4cccc(CN)c4)c4c(Cl)cc(Cl)cc4n3)c2c1. The Kier molecular flexibility index (Phi) is 6.19. The van der Waals surface area contributed by atoms with E-state index in [9.17, 15) is 4.79 Å². The molecule has 0 radical (unpaired) electrons. The molecular formula is C28H20Cl2N4O. The second-order valence-corrected chi connectivity index (χ2v) is 8.99. The van der Waals surface area contributed by atoms with Gasteiger partial charge in [-0.2, -0.15) is 0 Å². The van der Waals surface area contributed by atoms with Gasteiger partial charge in [0.1, 0.15) is 0 Å². The molecule has 0 spiro atoms. The maximum absolute atomic E-state index is 13.4. The van der Waals surface area contributed by atoms with E-state index in [1.807, 2.05) is 48.7 Å². The Morgan fingerprint density at radius 3 is 2.71 bits per heavy atom. The van der Waals surface area contributed by atoms with Crippen LogP contribution < -0.4 is 11.1 Å². The van der Waals surface area contributed by atoms with Crippen LogP contribution in [-0.2, 0) is 13.1 Å². The van der Waals surface area contributed by atoms with Crippen LogP contribution in [0.3, 0.4) is 0 Å². The summed E-state index contributed by atoms with van der Waals surface area (Å²) >= 11 is 12.8. The minimum atomic E-state index is -0.273. The molecule has 0 unspecified atom stereocenters. The lowest BCUT2D eigenvalue weighted by Gasteiger charge is -2.12. The molecule has 2 heterocycles. The largest absolute Gasteiger partial charge is 0.360 e. The number of halogens is 2. The first-order chi connectivity index (χ1) is 17.0. The van der Waals surface area contributed by atoms with Crippen LogP contribution in [0.1, 0.15) is 27.0 Å². The van der Waals surface area contributed by atoms with Gasteiger partial charge in [-0.3, -0.25) is 4.79 Å². The van der Waals surface area contributed by atoms with Crippen molar-refractivity contribution >= 4 is 50.9 Å². The van der Waals surface area contributed by atoms with Crippen LogP contribution in [-0.4, -0.2) is 15.9 Å². The lowest BCUT2D eigenvalue weighted by atomic mass is 10.0. The lowest BCUT2D eigenvalue weighted by molar-refractivity contribution is 0.0952. The summed E-state index contributed by atoms with van der Waals surface area (Å²) < 4.78 is 0. The Balaban J connectivity index is 1.61. The number of rotatable bonds is 5. The van der Waals surface area contributed by atoms with Crippen LogP contribution >= 0.6 is 23.2 Å². The fourth-order valence-electron chi connectivity index (χ4n) is 4.17. The maximum atomic E-state index is 13.4. The first-order valence-corrected chi connectivity index (χ1v) is 11.7. The number of fused-ring (bicyclic) bond motifs is 2. The molecule has 172 valence electrons. The fourth-order valence-corrected chi connectivity index (χ4v) is 4.75. The fraction of sp³-hybridized carbons (Fsp3) is 0.0714. The van der Waals surface area contributed by atoms with Crippen molar-refractivity contribution in [1.82, 2.24) is 15.3 Å². The zero-order chi connectivity index (χ0) is 24.5. The average molecular weight is 499 g/mol. The molecule has 0 aliphatic rings. The maximum Gasteiger partial charge on any atom is 0.252 e. The molecule has 5 aromatic rings. The molecule has 2 aromatic heterocycles. The highest BCUT2D eigenvalue weighted by atomic mass is 35.5. The number of nitrogens with zero attached hydrogens (tertiary/aromatic N) is 1. The number of pyridine rings is 1. The summed E-state index contributed by atoms with van der Waals surface area (Å²) in [5.41, 5.74) is 11.7. The Morgan fingerprint density at radius 2 is 1.91 bits per heavy atom. The first kappa shape index (κ1) is 22.9. The van der Waals surface area contributed by atoms with Gasteiger partial charge in [0.15, 0.2) is 0 Å². The van der Waals surface area contributed by atoms with E-state index in [4.69, 9.17) is 40.3 Å². The van der Waals surface area contributed by atoms with Gasteiger partial charge in [0, 0.05) is 51.7 Å². The van der Waals surface area contributed by atoms with E-state index < -0.39 is 0 Å². The lowest BCUT2D eigenvalue weighted by Crippen LogP contribution is -2.23. The molecule has 4 N–H and O–H groups in total. The van der Waals surface area contributed by atoms with Crippen molar-refractivity contribution < 1.29 is 4.79 Å². The summed E-state index contributed by atoms with van der Waals surface area (Å²) in [7, 11) is 0. The summed E-state index contributed by atoms with van der Waals surface area (Å²) in [5.74, 6) is 2.39. The number of benzene rings is 3. The predicted molar refractivity (Wildman–Crippen MR) is 142 cm³/mol. The normalized spacial score (nSPS) is 11.0. The van der Waals surface area contributed by atoms with Crippen LogP contribution in [0.2, 0.25) is 10.0 Å². The van der Waals surface area contributed by atoms with Gasteiger partial charge in [0.2, 0.25) is 0 Å². The van der Waals surface area contributed by atoms with E-state index in [-0.39, 0.29) is 5.91 Å². The summed E-state index contributed by atoms with van der Waals surface area (Å²) in [6.45, 7) is 0.776. The number of terminal acetylenes is 1. The molecule has 0 bridgehead atoms.